The Balaban J connectivity index is 2.28. The summed E-state index contributed by atoms with van der Waals surface area (Å²) >= 11 is 0. The predicted octanol–water partition coefficient (Wildman–Crippen LogP) is 3.33. The van der Waals surface area contributed by atoms with Crippen molar-refractivity contribution in [2.45, 2.75) is 20.3 Å². The first-order valence-electron chi connectivity index (χ1n) is 7.11. The van der Waals surface area contributed by atoms with E-state index in [0.29, 0.717) is 29.2 Å². The third-order valence-electron chi connectivity index (χ3n) is 3.02. The SMILES string of the molecule is CCCOc1ccc(C(C)=O)cc1NC(=O)c1cccnc1. The molecule has 0 aliphatic heterocycles. The van der Waals surface area contributed by atoms with E-state index in [1.54, 1.807) is 36.5 Å². The number of Topliss-reactive ketones (excluding diaryl/α,β-unsaturated/α-hetero) is 1. The number of hydrogen-bond donors (Lipinski definition) is 1. The summed E-state index contributed by atoms with van der Waals surface area (Å²) in [5.41, 5.74) is 1.44. The van der Waals surface area contributed by atoms with Gasteiger partial charge in [0.1, 0.15) is 5.75 Å². The first kappa shape index (κ1) is 15.7. The molecule has 1 aromatic carbocycles. The van der Waals surface area contributed by atoms with Gasteiger partial charge in [0.15, 0.2) is 5.78 Å². The summed E-state index contributed by atoms with van der Waals surface area (Å²) in [4.78, 5) is 27.7. The highest BCUT2D eigenvalue weighted by Gasteiger charge is 2.12. The van der Waals surface area contributed by atoms with E-state index < -0.39 is 0 Å². The van der Waals surface area contributed by atoms with Gasteiger partial charge < -0.3 is 10.1 Å². The lowest BCUT2D eigenvalue weighted by atomic mass is 10.1. The Morgan fingerprint density at radius 1 is 1.23 bits per heavy atom. The van der Waals surface area contributed by atoms with Crippen LogP contribution >= 0.6 is 0 Å². The third kappa shape index (κ3) is 3.91. The number of pyridine rings is 1. The molecular formula is C17H18N2O3. The largest absolute Gasteiger partial charge is 0.491 e. The fourth-order valence-electron chi connectivity index (χ4n) is 1.88. The molecule has 1 aromatic heterocycles. The Kier molecular flexibility index (Phi) is 5.25. The minimum atomic E-state index is -0.296. The summed E-state index contributed by atoms with van der Waals surface area (Å²) in [6.45, 7) is 4.02. The lowest BCUT2D eigenvalue weighted by Crippen LogP contribution is -2.14. The zero-order chi connectivity index (χ0) is 15.9. The molecule has 1 heterocycles. The van der Waals surface area contributed by atoms with E-state index in [2.05, 4.69) is 10.3 Å². The number of anilines is 1. The molecule has 0 radical (unpaired) electrons. The summed E-state index contributed by atoms with van der Waals surface area (Å²) < 4.78 is 5.62. The van der Waals surface area contributed by atoms with E-state index in [1.165, 1.54) is 13.1 Å². The maximum atomic E-state index is 12.2. The summed E-state index contributed by atoms with van der Waals surface area (Å²) in [6.07, 6.45) is 3.93. The molecule has 0 aliphatic rings. The molecule has 0 atom stereocenters. The first-order chi connectivity index (χ1) is 10.6. The zero-order valence-corrected chi connectivity index (χ0v) is 12.6. The topological polar surface area (TPSA) is 68.3 Å². The van der Waals surface area contributed by atoms with Crippen LogP contribution in [0.3, 0.4) is 0 Å². The number of ether oxygens (including phenoxy) is 1. The van der Waals surface area contributed by atoms with Crippen LogP contribution in [0.2, 0.25) is 0 Å². The number of amides is 1. The minimum Gasteiger partial charge on any atom is -0.491 e. The summed E-state index contributed by atoms with van der Waals surface area (Å²) in [5, 5.41) is 2.77. The van der Waals surface area contributed by atoms with E-state index in [4.69, 9.17) is 4.74 Å². The zero-order valence-electron chi connectivity index (χ0n) is 12.6. The Bertz CT molecular complexity index is 669. The molecule has 0 unspecified atom stereocenters. The molecular weight excluding hydrogens is 280 g/mol. The molecule has 22 heavy (non-hydrogen) atoms. The number of nitrogens with one attached hydrogen (secondary N) is 1. The van der Waals surface area contributed by atoms with Gasteiger partial charge in [-0.3, -0.25) is 14.6 Å². The van der Waals surface area contributed by atoms with Crippen LogP contribution < -0.4 is 10.1 Å². The van der Waals surface area contributed by atoms with Crippen molar-refractivity contribution in [2.24, 2.45) is 0 Å². The van der Waals surface area contributed by atoms with Gasteiger partial charge in [-0.25, -0.2) is 0 Å². The molecule has 1 amide bonds. The van der Waals surface area contributed by atoms with Gasteiger partial charge in [-0.15, -0.1) is 0 Å². The number of nitrogens with zero attached hydrogens (tertiary/aromatic N) is 1. The van der Waals surface area contributed by atoms with Gasteiger partial charge in [0, 0.05) is 18.0 Å². The molecule has 0 fully saturated rings. The molecule has 0 spiro atoms. The lowest BCUT2D eigenvalue weighted by Gasteiger charge is -2.13. The molecule has 5 heteroatoms. The van der Waals surface area contributed by atoms with Crippen LogP contribution in [0.1, 0.15) is 41.0 Å². The van der Waals surface area contributed by atoms with Crippen LogP contribution in [0, 0.1) is 0 Å². The van der Waals surface area contributed by atoms with E-state index in [1.807, 2.05) is 6.92 Å². The van der Waals surface area contributed by atoms with Gasteiger partial charge in [0.2, 0.25) is 0 Å². The first-order valence-corrected chi connectivity index (χ1v) is 7.11. The van der Waals surface area contributed by atoms with Gasteiger partial charge in [0.05, 0.1) is 17.9 Å². The highest BCUT2D eigenvalue weighted by Crippen LogP contribution is 2.27. The summed E-state index contributed by atoms with van der Waals surface area (Å²) in [6, 6.07) is 8.37. The minimum absolute atomic E-state index is 0.0704. The fourth-order valence-corrected chi connectivity index (χ4v) is 1.88. The Labute approximate surface area is 129 Å². The maximum Gasteiger partial charge on any atom is 0.257 e. The molecule has 114 valence electrons. The second-order valence-electron chi connectivity index (χ2n) is 4.81. The van der Waals surface area contributed by atoms with Crippen LogP contribution in [0.25, 0.3) is 0 Å². The highest BCUT2D eigenvalue weighted by atomic mass is 16.5. The van der Waals surface area contributed by atoms with Gasteiger partial charge >= 0.3 is 0 Å². The summed E-state index contributed by atoms with van der Waals surface area (Å²) in [5.74, 6) is 0.179. The van der Waals surface area contributed by atoms with E-state index in [9.17, 15) is 9.59 Å². The van der Waals surface area contributed by atoms with Crippen LogP contribution in [0.5, 0.6) is 5.75 Å². The summed E-state index contributed by atoms with van der Waals surface area (Å²) in [7, 11) is 0. The maximum absolute atomic E-state index is 12.2. The molecule has 0 bridgehead atoms. The van der Waals surface area contributed by atoms with Crippen molar-refractivity contribution in [3.8, 4) is 5.75 Å². The highest BCUT2D eigenvalue weighted by molar-refractivity contribution is 6.05. The van der Waals surface area contributed by atoms with Gasteiger partial charge in [-0.05, 0) is 43.7 Å². The van der Waals surface area contributed by atoms with Gasteiger partial charge in [-0.2, -0.15) is 0 Å². The average molecular weight is 298 g/mol. The normalized spacial score (nSPS) is 10.1. The predicted molar refractivity (Wildman–Crippen MR) is 84.4 cm³/mol. The molecule has 1 N–H and O–H groups in total. The van der Waals surface area contributed by atoms with Crippen LogP contribution in [-0.4, -0.2) is 23.3 Å². The van der Waals surface area contributed by atoms with Crippen molar-refractivity contribution in [2.75, 3.05) is 11.9 Å². The van der Waals surface area contributed by atoms with Crippen molar-refractivity contribution in [3.63, 3.8) is 0 Å². The molecule has 5 nitrogen and oxygen atoms in total. The lowest BCUT2D eigenvalue weighted by molar-refractivity contribution is 0.101. The number of rotatable bonds is 6. The Morgan fingerprint density at radius 3 is 2.68 bits per heavy atom. The molecule has 0 saturated carbocycles. The van der Waals surface area contributed by atoms with Crippen LogP contribution in [-0.2, 0) is 0 Å². The van der Waals surface area contributed by atoms with Crippen molar-refractivity contribution in [1.82, 2.24) is 4.98 Å². The number of carbonyl (C=O) groups excluding carboxylic acids is 2. The Morgan fingerprint density at radius 2 is 2.05 bits per heavy atom. The third-order valence-corrected chi connectivity index (χ3v) is 3.02. The van der Waals surface area contributed by atoms with Crippen molar-refractivity contribution >= 4 is 17.4 Å². The second-order valence-corrected chi connectivity index (χ2v) is 4.81. The van der Waals surface area contributed by atoms with Crippen LogP contribution in [0.4, 0.5) is 5.69 Å². The van der Waals surface area contributed by atoms with Gasteiger partial charge in [-0.1, -0.05) is 6.92 Å². The van der Waals surface area contributed by atoms with E-state index in [0.717, 1.165) is 6.42 Å². The van der Waals surface area contributed by atoms with Crippen LogP contribution in [0.15, 0.2) is 42.7 Å². The van der Waals surface area contributed by atoms with E-state index >= 15 is 0 Å². The average Bonchev–Trinajstić information content (AvgIpc) is 2.54. The smallest absolute Gasteiger partial charge is 0.257 e. The van der Waals surface area contributed by atoms with Crippen molar-refractivity contribution in [1.29, 1.82) is 0 Å². The molecule has 0 saturated heterocycles. The fraction of sp³-hybridized carbons (Fsp3) is 0.235. The number of ketones is 1. The number of benzene rings is 1. The number of carbonyl (C=O) groups is 2. The molecule has 0 aliphatic carbocycles. The molecule has 2 aromatic rings. The quantitative estimate of drug-likeness (QED) is 0.831. The number of aromatic nitrogens is 1. The monoisotopic (exact) mass is 298 g/mol. The van der Waals surface area contributed by atoms with E-state index in [-0.39, 0.29) is 11.7 Å². The molecule has 2 rings (SSSR count). The van der Waals surface area contributed by atoms with Gasteiger partial charge in [0.25, 0.3) is 5.91 Å². The van der Waals surface area contributed by atoms with Crippen molar-refractivity contribution < 1.29 is 14.3 Å². The number of hydrogen-bond acceptors (Lipinski definition) is 4. The Hall–Kier alpha value is -2.69. The van der Waals surface area contributed by atoms with Crippen molar-refractivity contribution in [3.05, 3.63) is 53.9 Å². The standard InChI is InChI=1S/C17H18N2O3/c1-3-9-22-16-7-6-13(12(2)20)10-15(16)19-17(21)14-5-4-8-18-11-14/h4-8,10-11H,3,9H2,1-2H3,(H,19,21). The second kappa shape index (κ2) is 7.36.